The highest BCUT2D eigenvalue weighted by molar-refractivity contribution is 9.10. The first-order chi connectivity index (χ1) is 9.49. The number of thiophene rings is 1. The molecular formula is C13H15Br2N3OS. The van der Waals surface area contributed by atoms with Crippen molar-refractivity contribution in [2.24, 2.45) is 0 Å². The van der Waals surface area contributed by atoms with Gasteiger partial charge < -0.3 is 5.32 Å². The molecule has 0 aromatic carbocycles. The average Bonchev–Trinajstić information content (AvgIpc) is 2.81. The van der Waals surface area contributed by atoms with Gasteiger partial charge in [0.2, 0.25) is 0 Å². The number of hydrogen-bond acceptors (Lipinski definition) is 4. The second-order valence-corrected chi connectivity index (χ2v) is 7.14. The molecule has 20 heavy (non-hydrogen) atoms. The second kappa shape index (κ2) is 6.98. The molecule has 0 radical (unpaired) electrons. The third-order valence-corrected chi connectivity index (χ3v) is 5.81. The van der Waals surface area contributed by atoms with Crippen LogP contribution in [0.3, 0.4) is 0 Å². The Balaban J connectivity index is 1.95. The molecule has 2 rings (SSSR count). The Bertz CT molecular complexity index is 666. The van der Waals surface area contributed by atoms with Crippen LogP contribution in [0, 0.1) is 13.8 Å². The smallest absolute Gasteiger partial charge is 0.310 e. The number of aryl methyl sites for hydroxylation is 1. The molecule has 0 aliphatic heterocycles. The maximum atomic E-state index is 11.9. The van der Waals surface area contributed by atoms with Crippen LogP contribution in [-0.4, -0.2) is 16.1 Å². The molecule has 0 fully saturated rings. The van der Waals surface area contributed by atoms with E-state index in [1.165, 1.54) is 4.88 Å². The number of rotatable bonds is 5. The zero-order valence-corrected chi connectivity index (χ0v) is 15.2. The van der Waals surface area contributed by atoms with E-state index < -0.39 is 0 Å². The molecular weight excluding hydrogens is 406 g/mol. The highest BCUT2D eigenvalue weighted by Gasteiger charge is 2.08. The highest BCUT2D eigenvalue weighted by atomic mass is 79.9. The van der Waals surface area contributed by atoms with Crippen molar-refractivity contribution < 1.29 is 0 Å². The Morgan fingerprint density at radius 3 is 2.80 bits per heavy atom. The minimum absolute atomic E-state index is 0.191. The number of aromatic nitrogens is 2. The quantitative estimate of drug-likeness (QED) is 0.755. The SMILES string of the molecule is Cc1nc(=O)n(CCNCc2cc(Br)cs2)c(C)c1Br. The van der Waals surface area contributed by atoms with Crippen molar-refractivity contribution in [1.82, 2.24) is 14.9 Å². The van der Waals surface area contributed by atoms with Crippen LogP contribution < -0.4 is 11.0 Å². The summed E-state index contributed by atoms with van der Waals surface area (Å²) in [7, 11) is 0. The van der Waals surface area contributed by atoms with Crippen LogP contribution >= 0.6 is 43.2 Å². The van der Waals surface area contributed by atoms with Crippen molar-refractivity contribution in [1.29, 1.82) is 0 Å². The first-order valence-electron chi connectivity index (χ1n) is 6.16. The van der Waals surface area contributed by atoms with Gasteiger partial charge in [-0.1, -0.05) is 0 Å². The molecule has 0 bridgehead atoms. The van der Waals surface area contributed by atoms with Gasteiger partial charge in [0.05, 0.1) is 10.2 Å². The summed E-state index contributed by atoms with van der Waals surface area (Å²) in [6.45, 7) is 5.91. The summed E-state index contributed by atoms with van der Waals surface area (Å²) < 4.78 is 3.70. The van der Waals surface area contributed by atoms with Crippen molar-refractivity contribution in [2.75, 3.05) is 6.54 Å². The van der Waals surface area contributed by atoms with Gasteiger partial charge in [0.1, 0.15) is 0 Å². The molecule has 108 valence electrons. The Kier molecular flexibility index (Phi) is 5.54. The summed E-state index contributed by atoms with van der Waals surface area (Å²) in [5, 5.41) is 5.40. The molecule has 0 saturated carbocycles. The highest BCUT2D eigenvalue weighted by Crippen LogP contribution is 2.19. The molecule has 0 amide bonds. The molecule has 0 aliphatic carbocycles. The summed E-state index contributed by atoms with van der Waals surface area (Å²) in [5.74, 6) is 0. The third kappa shape index (κ3) is 3.78. The van der Waals surface area contributed by atoms with E-state index in [4.69, 9.17) is 0 Å². The zero-order chi connectivity index (χ0) is 14.7. The van der Waals surface area contributed by atoms with Gasteiger partial charge in [0.25, 0.3) is 0 Å². The monoisotopic (exact) mass is 419 g/mol. The van der Waals surface area contributed by atoms with Gasteiger partial charge in [-0.05, 0) is 51.8 Å². The molecule has 0 aliphatic rings. The number of halogens is 2. The van der Waals surface area contributed by atoms with Crippen molar-refractivity contribution in [3.05, 3.63) is 47.1 Å². The van der Waals surface area contributed by atoms with Crippen molar-refractivity contribution >= 4 is 43.2 Å². The standard InChI is InChI=1S/C13H15Br2N3OS/c1-8-12(15)9(2)18(13(19)17-8)4-3-16-6-11-5-10(14)7-20-11/h5,7,16H,3-4,6H2,1-2H3. The summed E-state index contributed by atoms with van der Waals surface area (Å²) in [6.07, 6.45) is 0. The summed E-state index contributed by atoms with van der Waals surface area (Å²) in [5.41, 5.74) is 1.46. The van der Waals surface area contributed by atoms with E-state index in [1.807, 2.05) is 13.8 Å². The van der Waals surface area contributed by atoms with Gasteiger partial charge in [-0.15, -0.1) is 11.3 Å². The molecule has 4 nitrogen and oxygen atoms in total. The minimum Gasteiger partial charge on any atom is -0.310 e. The molecule has 0 atom stereocenters. The topological polar surface area (TPSA) is 46.9 Å². The maximum absolute atomic E-state index is 11.9. The van der Waals surface area contributed by atoms with E-state index in [-0.39, 0.29) is 5.69 Å². The first-order valence-corrected chi connectivity index (χ1v) is 8.62. The van der Waals surface area contributed by atoms with E-state index in [0.717, 1.165) is 33.4 Å². The van der Waals surface area contributed by atoms with E-state index in [2.05, 4.69) is 53.6 Å². The van der Waals surface area contributed by atoms with Crippen LogP contribution in [0.15, 0.2) is 25.2 Å². The molecule has 7 heteroatoms. The summed E-state index contributed by atoms with van der Waals surface area (Å²) in [4.78, 5) is 17.2. The Morgan fingerprint density at radius 2 is 2.15 bits per heavy atom. The lowest BCUT2D eigenvalue weighted by atomic mass is 10.3. The number of nitrogens with zero attached hydrogens (tertiary/aromatic N) is 2. The lowest BCUT2D eigenvalue weighted by molar-refractivity contribution is 0.563. The Hall–Kier alpha value is -0.500. The second-order valence-electron chi connectivity index (χ2n) is 4.44. The van der Waals surface area contributed by atoms with E-state index in [0.29, 0.717) is 6.54 Å². The Morgan fingerprint density at radius 1 is 1.40 bits per heavy atom. The van der Waals surface area contributed by atoms with Crippen LogP contribution in [0.4, 0.5) is 0 Å². The minimum atomic E-state index is -0.191. The predicted molar refractivity (Wildman–Crippen MR) is 89.4 cm³/mol. The maximum Gasteiger partial charge on any atom is 0.348 e. The van der Waals surface area contributed by atoms with E-state index in [1.54, 1.807) is 15.9 Å². The largest absolute Gasteiger partial charge is 0.348 e. The lowest BCUT2D eigenvalue weighted by Gasteiger charge is -2.12. The molecule has 2 aromatic heterocycles. The molecule has 2 heterocycles. The van der Waals surface area contributed by atoms with Crippen LogP contribution in [0.25, 0.3) is 0 Å². The molecule has 0 saturated heterocycles. The molecule has 2 aromatic rings. The van der Waals surface area contributed by atoms with Gasteiger partial charge in [0, 0.05) is 40.1 Å². The fraction of sp³-hybridized carbons (Fsp3) is 0.385. The predicted octanol–water partition coefficient (Wildman–Crippen LogP) is 3.24. The van der Waals surface area contributed by atoms with Crippen LogP contribution in [0.5, 0.6) is 0 Å². The molecule has 1 N–H and O–H groups in total. The average molecular weight is 421 g/mol. The summed E-state index contributed by atoms with van der Waals surface area (Å²) >= 11 is 8.61. The van der Waals surface area contributed by atoms with E-state index >= 15 is 0 Å². The van der Waals surface area contributed by atoms with Gasteiger partial charge in [-0.2, -0.15) is 4.98 Å². The van der Waals surface area contributed by atoms with Crippen molar-refractivity contribution in [3.63, 3.8) is 0 Å². The van der Waals surface area contributed by atoms with Crippen molar-refractivity contribution in [2.45, 2.75) is 26.9 Å². The zero-order valence-electron chi connectivity index (χ0n) is 11.2. The fourth-order valence-electron chi connectivity index (χ4n) is 1.89. The lowest BCUT2D eigenvalue weighted by Crippen LogP contribution is -2.30. The van der Waals surface area contributed by atoms with Gasteiger partial charge in [0.15, 0.2) is 0 Å². The summed E-state index contributed by atoms with van der Waals surface area (Å²) in [6, 6.07) is 2.10. The Labute approximate surface area is 138 Å². The van der Waals surface area contributed by atoms with E-state index in [9.17, 15) is 4.79 Å². The van der Waals surface area contributed by atoms with Gasteiger partial charge >= 0.3 is 5.69 Å². The fourth-order valence-corrected chi connectivity index (χ4v) is 3.61. The number of nitrogens with one attached hydrogen (secondary N) is 1. The van der Waals surface area contributed by atoms with Gasteiger partial charge in [-0.3, -0.25) is 4.57 Å². The molecule has 0 unspecified atom stereocenters. The van der Waals surface area contributed by atoms with Crippen LogP contribution in [0.2, 0.25) is 0 Å². The normalized spacial score (nSPS) is 11.0. The number of hydrogen-bond donors (Lipinski definition) is 1. The van der Waals surface area contributed by atoms with Crippen LogP contribution in [0.1, 0.15) is 16.3 Å². The molecule has 0 spiro atoms. The van der Waals surface area contributed by atoms with Gasteiger partial charge in [-0.25, -0.2) is 4.79 Å². The van der Waals surface area contributed by atoms with Crippen molar-refractivity contribution in [3.8, 4) is 0 Å². The van der Waals surface area contributed by atoms with Crippen LogP contribution in [-0.2, 0) is 13.1 Å². The third-order valence-electron chi connectivity index (χ3n) is 2.97. The first kappa shape index (κ1) is 15.9.